The van der Waals surface area contributed by atoms with E-state index in [-0.39, 0.29) is 5.91 Å². The summed E-state index contributed by atoms with van der Waals surface area (Å²) in [5.41, 5.74) is 3.87. The van der Waals surface area contributed by atoms with E-state index in [4.69, 9.17) is 11.6 Å². The van der Waals surface area contributed by atoms with Crippen LogP contribution in [-0.4, -0.2) is 23.9 Å². The maximum absolute atomic E-state index is 11.8. The smallest absolute Gasteiger partial charge is 0.273 e. The monoisotopic (exact) mass is 269 g/mol. The van der Waals surface area contributed by atoms with Gasteiger partial charge in [0.2, 0.25) is 0 Å². The van der Waals surface area contributed by atoms with Crippen LogP contribution in [0.3, 0.4) is 0 Å². The van der Waals surface area contributed by atoms with Crippen molar-refractivity contribution in [3.05, 3.63) is 28.8 Å². The number of hydrogen-bond donors (Lipinski definition) is 1. The molecule has 1 aromatic rings. The second kappa shape index (κ2) is 4.98. The normalized spacial score (nSPS) is 14.9. The Hall–Kier alpha value is -1.20. The number of carbonyl (C=O) groups is 1. The van der Waals surface area contributed by atoms with E-state index in [1.165, 1.54) is 0 Å². The van der Waals surface area contributed by atoms with Gasteiger partial charge < -0.3 is 4.90 Å². The Balaban J connectivity index is 2.48. The van der Waals surface area contributed by atoms with Crippen molar-refractivity contribution in [2.75, 3.05) is 17.7 Å². The molecule has 90 valence electrons. The predicted molar refractivity (Wildman–Crippen MR) is 72.9 cm³/mol. The molecular formula is C11H12ClN3OS. The Kier molecular flexibility index (Phi) is 3.59. The van der Waals surface area contributed by atoms with Crippen molar-refractivity contribution in [1.82, 2.24) is 5.43 Å². The molecule has 1 N–H and O–H groups in total. The molecule has 1 aliphatic heterocycles. The molecule has 1 aromatic carbocycles. The fourth-order valence-corrected chi connectivity index (χ4v) is 2.41. The van der Waals surface area contributed by atoms with Crippen molar-refractivity contribution < 1.29 is 4.79 Å². The summed E-state index contributed by atoms with van der Waals surface area (Å²) in [4.78, 5) is 13.7. The lowest BCUT2D eigenvalue weighted by atomic mass is 10.1. The van der Waals surface area contributed by atoms with Gasteiger partial charge in [0.25, 0.3) is 5.91 Å². The third kappa shape index (κ3) is 2.40. The molecule has 2 rings (SSSR count). The van der Waals surface area contributed by atoms with Crippen molar-refractivity contribution in [1.29, 1.82) is 0 Å². The van der Waals surface area contributed by atoms with Crippen molar-refractivity contribution in [2.45, 2.75) is 6.92 Å². The van der Waals surface area contributed by atoms with Gasteiger partial charge in [0.15, 0.2) is 5.17 Å². The second-order valence-electron chi connectivity index (χ2n) is 3.49. The lowest BCUT2D eigenvalue weighted by molar-refractivity contribution is 0.0956. The summed E-state index contributed by atoms with van der Waals surface area (Å²) in [6.45, 7) is 2.04. The van der Waals surface area contributed by atoms with Gasteiger partial charge >= 0.3 is 0 Å². The van der Waals surface area contributed by atoms with Gasteiger partial charge in [-0.2, -0.15) is 0 Å². The lowest BCUT2D eigenvalue weighted by Gasteiger charge is -2.19. The van der Waals surface area contributed by atoms with Crippen LogP contribution >= 0.6 is 23.4 Å². The largest absolute Gasteiger partial charge is 0.322 e. The Labute approximate surface area is 109 Å². The number of halogens is 1. The summed E-state index contributed by atoms with van der Waals surface area (Å²) in [5.74, 6) is 0.656. The van der Waals surface area contributed by atoms with Crippen LogP contribution in [0, 0.1) is 0 Å². The Morgan fingerprint density at radius 1 is 1.53 bits per heavy atom. The zero-order valence-electron chi connectivity index (χ0n) is 9.53. The summed E-state index contributed by atoms with van der Waals surface area (Å²) >= 11 is 7.47. The topological polar surface area (TPSA) is 44.7 Å². The SMILES string of the molecule is CCSC1=NNC(=O)c2cc(Cl)ccc2N1C. The van der Waals surface area contributed by atoms with E-state index < -0.39 is 0 Å². The first-order valence-electron chi connectivity index (χ1n) is 5.17. The van der Waals surface area contributed by atoms with Crippen LogP contribution in [0.1, 0.15) is 17.3 Å². The van der Waals surface area contributed by atoms with Gasteiger partial charge in [-0.25, -0.2) is 5.43 Å². The van der Waals surface area contributed by atoms with E-state index in [0.29, 0.717) is 10.6 Å². The number of thioether (sulfide) groups is 1. The highest BCUT2D eigenvalue weighted by molar-refractivity contribution is 8.14. The molecule has 0 aromatic heterocycles. The Morgan fingerprint density at radius 2 is 2.29 bits per heavy atom. The van der Waals surface area contributed by atoms with Crippen LogP contribution in [-0.2, 0) is 0 Å². The van der Waals surface area contributed by atoms with Gasteiger partial charge in [-0.05, 0) is 24.0 Å². The molecule has 0 saturated carbocycles. The highest BCUT2D eigenvalue weighted by atomic mass is 35.5. The van der Waals surface area contributed by atoms with Crippen LogP contribution in [0.25, 0.3) is 0 Å². The second-order valence-corrected chi connectivity index (χ2v) is 5.16. The molecule has 1 amide bonds. The fourth-order valence-electron chi connectivity index (χ4n) is 1.58. The van der Waals surface area contributed by atoms with Gasteiger partial charge in [-0.1, -0.05) is 30.3 Å². The first-order valence-corrected chi connectivity index (χ1v) is 6.54. The average Bonchev–Trinajstić information content (AvgIpc) is 2.42. The van der Waals surface area contributed by atoms with Crippen molar-refractivity contribution in [3.8, 4) is 0 Å². The maximum Gasteiger partial charge on any atom is 0.273 e. The number of amidine groups is 1. The fraction of sp³-hybridized carbons (Fsp3) is 0.273. The predicted octanol–water partition coefficient (Wildman–Crippen LogP) is 2.54. The third-order valence-electron chi connectivity index (χ3n) is 2.38. The van der Waals surface area contributed by atoms with Crippen LogP contribution in [0.15, 0.2) is 23.3 Å². The van der Waals surface area contributed by atoms with E-state index in [1.54, 1.807) is 23.9 Å². The molecule has 0 saturated heterocycles. The van der Waals surface area contributed by atoms with E-state index in [0.717, 1.165) is 16.6 Å². The van der Waals surface area contributed by atoms with Crippen LogP contribution in [0.5, 0.6) is 0 Å². The van der Waals surface area contributed by atoms with Crippen molar-refractivity contribution in [2.24, 2.45) is 5.10 Å². The van der Waals surface area contributed by atoms with E-state index >= 15 is 0 Å². The first kappa shape index (κ1) is 12.3. The quantitative estimate of drug-likeness (QED) is 0.852. The van der Waals surface area contributed by atoms with E-state index in [9.17, 15) is 4.79 Å². The number of hydrogen-bond acceptors (Lipinski definition) is 4. The van der Waals surface area contributed by atoms with Crippen LogP contribution in [0.2, 0.25) is 5.02 Å². The Morgan fingerprint density at radius 3 is 3.00 bits per heavy atom. The van der Waals surface area contributed by atoms with E-state index in [2.05, 4.69) is 10.5 Å². The summed E-state index contributed by atoms with van der Waals surface area (Å²) in [7, 11) is 1.88. The molecule has 0 radical (unpaired) electrons. The minimum atomic E-state index is -0.235. The van der Waals surface area contributed by atoms with Crippen molar-refractivity contribution >= 4 is 40.1 Å². The molecule has 0 fully saturated rings. The van der Waals surface area contributed by atoms with Gasteiger partial charge in [0, 0.05) is 12.1 Å². The molecule has 0 atom stereocenters. The number of benzene rings is 1. The highest BCUT2D eigenvalue weighted by Crippen LogP contribution is 2.27. The molecule has 0 spiro atoms. The summed E-state index contributed by atoms with van der Waals surface area (Å²) in [6, 6.07) is 5.25. The first-order chi connectivity index (χ1) is 8.13. The number of hydrazone groups is 1. The number of fused-ring (bicyclic) bond motifs is 1. The van der Waals surface area contributed by atoms with Gasteiger partial charge in [0.05, 0.1) is 11.3 Å². The number of anilines is 1. The van der Waals surface area contributed by atoms with Crippen LogP contribution < -0.4 is 10.3 Å². The number of amides is 1. The molecule has 1 heterocycles. The average molecular weight is 270 g/mol. The molecule has 4 nitrogen and oxygen atoms in total. The number of carbonyl (C=O) groups excluding carboxylic acids is 1. The number of rotatable bonds is 1. The van der Waals surface area contributed by atoms with Crippen molar-refractivity contribution in [3.63, 3.8) is 0 Å². The third-order valence-corrected chi connectivity index (χ3v) is 3.53. The molecule has 0 aliphatic carbocycles. The standard InChI is InChI=1S/C11H12ClN3OS/c1-3-17-11-14-13-10(16)8-6-7(12)4-5-9(8)15(11)2/h4-6H,3H2,1-2H3,(H,13,16). The molecule has 0 bridgehead atoms. The number of nitrogens with one attached hydrogen (secondary N) is 1. The van der Waals surface area contributed by atoms with Gasteiger partial charge in [-0.15, -0.1) is 5.10 Å². The van der Waals surface area contributed by atoms with Gasteiger partial charge in [0.1, 0.15) is 0 Å². The molecule has 17 heavy (non-hydrogen) atoms. The zero-order valence-corrected chi connectivity index (χ0v) is 11.1. The van der Waals surface area contributed by atoms with E-state index in [1.807, 2.05) is 24.9 Å². The summed E-state index contributed by atoms with van der Waals surface area (Å²) in [6.07, 6.45) is 0. The minimum absolute atomic E-state index is 0.235. The number of nitrogens with zero attached hydrogens (tertiary/aromatic N) is 2. The molecule has 1 aliphatic rings. The Bertz CT molecular complexity index is 490. The van der Waals surface area contributed by atoms with Gasteiger partial charge in [-0.3, -0.25) is 4.79 Å². The molecule has 0 unspecified atom stereocenters. The molecule has 6 heteroatoms. The lowest BCUT2D eigenvalue weighted by Crippen LogP contribution is -2.24. The highest BCUT2D eigenvalue weighted by Gasteiger charge is 2.21. The molecular weight excluding hydrogens is 258 g/mol. The minimum Gasteiger partial charge on any atom is -0.322 e. The summed E-state index contributed by atoms with van der Waals surface area (Å²) in [5, 5.41) is 5.39. The van der Waals surface area contributed by atoms with Crippen LogP contribution in [0.4, 0.5) is 5.69 Å². The maximum atomic E-state index is 11.8. The summed E-state index contributed by atoms with van der Waals surface area (Å²) < 4.78 is 0. The zero-order chi connectivity index (χ0) is 12.4.